The van der Waals surface area contributed by atoms with Crippen LogP contribution in [0.5, 0.6) is 5.75 Å². The highest BCUT2D eigenvalue weighted by atomic mass is 79.9. The van der Waals surface area contributed by atoms with E-state index in [9.17, 15) is 0 Å². The molecule has 3 nitrogen and oxygen atoms in total. The van der Waals surface area contributed by atoms with E-state index in [0.717, 1.165) is 9.94 Å². The Morgan fingerprint density at radius 2 is 1.63 bits per heavy atom. The summed E-state index contributed by atoms with van der Waals surface area (Å²) in [6.07, 6.45) is 0.0429. The van der Waals surface area contributed by atoms with Crippen LogP contribution in [0, 0.1) is 0 Å². The van der Waals surface area contributed by atoms with Crippen LogP contribution in [-0.4, -0.2) is 26.4 Å². The predicted octanol–water partition coefficient (Wildman–Crippen LogP) is 3.66. The Morgan fingerprint density at radius 3 is 2.05 bits per heavy atom. The van der Waals surface area contributed by atoms with Crippen molar-refractivity contribution in [2.45, 2.75) is 39.9 Å². The van der Waals surface area contributed by atoms with Crippen LogP contribution in [0.15, 0.2) is 16.6 Å². The molecule has 0 spiro atoms. The van der Waals surface area contributed by atoms with Crippen LogP contribution < -0.4 is 10.2 Å². The first-order valence-electron chi connectivity index (χ1n) is 6.19. The summed E-state index contributed by atoms with van der Waals surface area (Å²) in [5.74, 6) is 0.644. The van der Waals surface area contributed by atoms with Crippen LogP contribution in [0.3, 0.4) is 0 Å². The summed E-state index contributed by atoms with van der Waals surface area (Å²) in [6.45, 7) is 7.82. The highest BCUT2D eigenvalue weighted by Crippen LogP contribution is 2.24. The van der Waals surface area contributed by atoms with Gasteiger partial charge in [0.1, 0.15) is 5.75 Å². The minimum atomic E-state index is -0.546. The quantitative estimate of drug-likeness (QED) is 0.734. The molecule has 1 aromatic carbocycles. The molecular formula is C13H19BBrClO3. The fraction of sp³-hybridized carbons (Fsp3) is 0.538. The number of hydrogen-bond donors (Lipinski definition) is 0. The number of benzene rings is 1. The second-order valence-electron chi connectivity index (χ2n) is 4.71. The van der Waals surface area contributed by atoms with Gasteiger partial charge >= 0.3 is 7.12 Å². The lowest BCUT2D eigenvalue weighted by atomic mass is 9.77. The van der Waals surface area contributed by atoms with E-state index in [1.54, 1.807) is 13.2 Å². The first kappa shape index (κ1) is 16.8. The van der Waals surface area contributed by atoms with Crippen molar-refractivity contribution in [3.05, 3.63) is 21.6 Å². The van der Waals surface area contributed by atoms with Gasteiger partial charge in [-0.05, 0) is 39.8 Å². The number of halogens is 2. The highest BCUT2D eigenvalue weighted by Gasteiger charge is 2.30. The Hall–Kier alpha value is -0.225. The molecular weight excluding hydrogens is 330 g/mol. The molecule has 0 atom stereocenters. The summed E-state index contributed by atoms with van der Waals surface area (Å²) in [6, 6.07) is 3.65. The Bertz CT molecular complexity index is 417. The lowest BCUT2D eigenvalue weighted by Gasteiger charge is -2.22. The normalized spacial score (nSPS) is 11.2. The van der Waals surface area contributed by atoms with Crippen molar-refractivity contribution in [1.82, 2.24) is 0 Å². The van der Waals surface area contributed by atoms with E-state index in [1.807, 2.05) is 33.8 Å². The Labute approximate surface area is 128 Å². The minimum absolute atomic E-state index is 0.0215. The molecule has 0 N–H and O–H groups in total. The lowest BCUT2D eigenvalue weighted by molar-refractivity contribution is 0.138. The molecule has 106 valence electrons. The fourth-order valence-corrected chi connectivity index (χ4v) is 2.49. The molecule has 6 heteroatoms. The van der Waals surface area contributed by atoms with Gasteiger partial charge in [0.25, 0.3) is 0 Å². The summed E-state index contributed by atoms with van der Waals surface area (Å²) in [7, 11) is 1.05. The van der Waals surface area contributed by atoms with Gasteiger partial charge in [-0.3, -0.25) is 0 Å². The first-order chi connectivity index (χ1) is 8.85. The van der Waals surface area contributed by atoms with E-state index >= 15 is 0 Å². The topological polar surface area (TPSA) is 27.7 Å². The smallest absolute Gasteiger partial charge is 0.497 e. The van der Waals surface area contributed by atoms with Crippen molar-refractivity contribution in [3.8, 4) is 5.75 Å². The summed E-state index contributed by atoms with van der Waals surface area (Å²) in [5, 5.41) is 0.553. The van der Waals surface area contributed by atoms with Crippen LogP contribution in [0.4, 0.5) is 0 Å². The van der Waals surface area contributed by atoms with Gasteiger partial charge in [-0.2, -0.15) is 0 Å². The molecule has 0 bridgehead atoms. The zero-order valence-corrected chi connectivity index (χ0v) is 14.2. The third-order valence-electron chi connectivity index (χ3n) is 2.30. The van der Waals surface area contributed by atoms with E-state index < -0.39 is 7.12 Å². The molecule has 0 unspecified atom stereocenters. The first-order valence-corrected chi connectivity index (χ1v) is 7.36. The zero-order chi connectivity index (χ0) is 14.6. The Balaban J connectivity index is 3.20. The SMILES string of the molecule is COc1cc(Br)cc(Cl)c1B(OC(C)C)OC(C)C. The molecule has 19 heavy (non-hydrogen) atoms. The van der Waals surface area contributed by atoms with E-state index in [0.29, 0.717) is 10.8 Å². The van der Waals surface area contributed by atoms with Crippen molar-refractivity contribution in [1.29, 1.82) is 0 Å². The van der Waals surface area contributed by atoms with E-state index in [-0.39, 0.29) is 12.2 Å². The largest absolute Gasteiger partial charge is 0.499 e. The maximum Gasteiger partial charge on any atom is 0.499 e. The maximum absolute atomic E-state index is 6.31. The van der Waals surface area contributed by atoms with Crippen molar-refractivity contribution in [2.75, 3.05) is 7.11 Å². The standard InChI is InChI=1S/C13H19BBrClO3/c1-8(2)18-14(19-9(3)4)13-11(16)6-10(15)7-12(13)17-5/h6-9H,1-5H3. The van der Waals surface area contributed by atoms with E-state index in [1.165, 1.54) is 0 Å². The maximum atomic E-state index is 6.31. The summed E-state index contributed by atoms with van der Waals surface area (Å²) < 4.78 is 17.8. The molecule has 0 radical (unpaired) electrons. The van der Waals surface area contributed by atoms with Gasteiger partial charge in [0, 0.05) is 27.2 Å². The third kappa shape index (κ3) is 4.99. The van der Waals surface area contributed by atoms with Gasteiger partial charge in [0.15, 0.2) is 0 Å². The van der Waals surface area contributed by atoms with Gasteiger partial charge < -0.3 is 14.0 Å². The monoisotopic (exact) mass is 348 g/mol. The van der Waals surface area contributed by atoms with Gasteiger partial charge in [0.05, 0.1) is 7.11 Å². The number of rotatable bonds is 6. The summed E-state index contributed by atoms with van der Waals surface area (Å²) >= 11 is 9.70. The Morgan fingerprint density at radius 1 is 1.11 bits per heavy atom. The van der Waals surface area contributed by atoms with Crippen molar-refractivity contribution in [3.63, 3.8) is 0 Å². The molecule has 0 amide bonds. The average Bonchev–Trinajstić information content (AvgIpc) is 2.25. The van der Waals surface area contributed by atoms with Gasteiger partial charge in [-0.1, -0.05) is 27.5 Å². The molecule has 0 fully saturated rings. The second-order valence-corrected chi connectivity index (χ2v) is 6.03. The van der Waals surface area contributed by atoms with Crippen molar-refractivity contribution in [2.24, 2.45) is 0 Å². The Kier molecular flexibility index (Phi) is 6.67. The van der Waals surface area contributed by atoms with Gasteiger partial charge in [-0.15, -0.1) is 0 Å². The summed E-state index contributed by atoms with van der Waals surface area (Å²) in [5.41, 5.74) is 0.717. The second kappa shape index (κ2) is 7.53. The van der Waals surface area contributed by atoms with E-state index in [2.05, 4.69) is 15.9 Å². The molecule has 0 aromatic heterocycles. The van der Waals surface area contributed by atoms with Crippen LogP contribution in [-0.2, 0) is 9.31 Å². The highest BCUT2D eigenvalue weighted by molar-refractivity contribution is 9.10. The molecule has 0 saturated heterocycles. The van der Waals surface area contributed by atoms with Gasteiger partial charge in [0.2, 0.25) is 0 Å². The van der Waals surface area contributed by atoms with Crippen molar-refractivity contribution < 1.29 is 14.0 Å². The minimum Gasteiger partial charge on any atom is -0.497 e. The predicted molar refractivity (Wildman–Crippen MR) is 83.5 cm³/mol. The van der Waals surface area contributed by atoms with E-state index in [4.69, 9.17) is 25.6 Å². The number of ether oxygens (including phenoxy) is 1. The molecule has 0 heterocycles. The molecule has 0 aliphatic heterocycles. The van der Waals surface area contributed by atoms with Crippen LogP contribution in [0.2, 0.25) is 5.02 Å². The molecule has 1 aromatic rings. The number of hydrogen-bond acceptors (Lipinski definition) is 3. The third-order valence-corrected chi connectivity index (χ3v) is 3.07. The molecule has 0 aliphatic rings. The molecule has 1 rings (SSSR count). The average molecular weight is 349 g/mol. The molecule has 0 saturated carbocycles. The van der Waals surface area contributed by atoms with Crippen molar-refractivity contribution >= 4 is 40.1 Å². The zero-order valence-electron chi connectivity index (χ0n) is 11.9. The summed E-state index contributed by atoms with van der Waals surface area (Å²) in [4.78, 5) is 0. The van der Waals surface area contributed by atoms with Crippen LogP contribution >= 0.6 is 27.5 Å². The van der Waals surface area contributed by atoms with Crippen LogP contribution in [0.1, 0.15) is 27.7 Å². The molecule has 0 aliphatic carbocycles. The fourth-order valence-electron chi connectivity index (χ4n) is 1.62. The van der Waals surface area contributed by atoms with Crippen LogP contribution in [0.25, 0.3) is 0 Å². The number of methoxy groups -OCH3 is 1. The lowest BCUT2D eigenvalue weighted by Crippen LogP contribution is -2.42. The van der Waals surface area contributed by atoms with Gasteiger partial charge in [-0.25, -0.2) is 0 Å².